The van der Waals surface area contributed by atoms with Crippen LogP contribution in [0.3, 0.4) is 0 Å². The molecule has 0 bridgehead atoms. The van der Waals surface area contributed by atoms with Crippen LogP contribution in [-0.2, 0) is 14.9 Å². The number of nitrogen functional groups attached to an aromatic ring is 1. The van der Waals surface area contributed by atoms with Crippen molar-refractivity contribution in [3.05, 3.63) is 29.8 Å². The van der Waals surface area contributed by atoms with Gasteiger partial charge in [0.2, 0.25) is 0 Å². The van der Waals surface area contributed by atoms with Gasteiger partial charge in [-0.05, 0) is 31.5 Å². The number of rotatable bonds is 4. The highest BCUT2D eigenvalue weighted by Crippen LogP contribution is 2.29. The number of benzene rings is 1. The SMILES string of the molecule is CCOC(=O)C(C)(CC#N)c1ccc(N)cc1. The number of hydrogen-bond acceptors (Lipinski definition) is 4. The molecule has 0 aliphatic rings. The number of carbonyl (C=O) groups excluding carboxylic acids is 1. The van der Waals surface area contributed by atoms with Gasteiger partial charge in [0.25, 0.3) is 0 Å². The Kier molecular flexibility index (Phi) is 4.11. The maximum absolute atomic E-state index is 11.9. The summed E-state index contributed by atoms with van der Waals surface area (Å²) in [7, 11) is 0. The molecule has 17 heavy (non-hydrogen) atoms. The molecule has 4 heteroatoms. The standard InChI is InChI=1S/C13H16N2O2/c1-3-17-12(16)13(2,8-9-14)10-4-6-11(15)7-5-10/h4-7H,3,8,15H2,1-2H3. The zero-order chi connectivity index (χ0) is 12.9. The molecule has 2 N–H and O–H groups in total. The predicted molar refractivity (Wildman–Crippen MR) is 65.1 cm³/mol. The molecule has 1 rings (SSSR count). The van der Waals surface area contributed by atoms with E-state index in [9.17, 15) is 4.79 Å². The minimum absolute atomic E-state index is 0.0791. The van der Waals surface area contributed by atoms with E-state index in [0.717, 1.165) is 5.56 Å². The number of ether oxygens (including phenoxy) is 1. The third kappa shape index (κ3) is 2.76. The average molecular weight is 232 g/mol. The fourth-order valence-electron chi connectivity index (χ4n) is 1.59. The topological polar surface area (TPSA) is 76.1 Å². The molecule has 0 heterocycles. The van der Waals surface area contributed by atoms with E-state index in [1.807, 2.05) is 6.07 Å². The Morgan fingerprint density at radius 2 is 2.06 bits per heavy atom. The minimum atomic E-state index is -0.932. The third-order valence-corrected chi connectivity index (χ3v) is 2.71. The molecule has 4 nitrogen and oxygen atoms in total. The molecule has 1 aromatic rings. The Hall–Kier alpha value is -2.02. The van der Waals surface area contributed by atoms with Crippen molar-refractivity contribution in [1.82, 2.24) is 0 Å². The second kappa shape index (κ2) is 5.35. The van der Waals surface area contributed by atoms with Crippen molar-refractivity contribution in [2.75, 3.05) is 12.3 Å². The number of nitriles is 1. The van der Waals surface area contributed by atoms with Crippen molar-refractivity contribution in [1.29, 1.82) is 5.26 Å². The van der Waals surface area contributed by atoms with Gasteiger partial charge in [0.1, 0.15) is 5.41 Å². The first-order chi connectivity index (χ1) is 8.04. The predicted octanol–water partition coefficient (Wildman–Crippen LogP) is 2.00. The fourth-order valence-corrected chi connectivity index (χ4v) is 1.59. The van der Waals surface area contributed by atoms with E-state index in [2.05, 4.69) is 0 Å². The largest absolute Gasteiger partial charge is 0.465 e. The molecule has 0 radical (unpaired) electrons. The van der Waals surface area contributed by atoms with Crippen LogP contribution in [-0.4, -0.2) is 12.6 Å². The Morgan fingerprint density at radius 3 is 2.53 bits per heavy atom. The zero-order valence-corrected chi connectivity index (χ0v) is 10.1. The van der Waals surface area contributed by atoms with Gasteiger partial charge in [0.05, 0.1) is 19.1 Å². The first-order valence-electron chi connectivity index (χ1n) is 5.44. The van der Waals surface area contributed by atoms with Crippen LogP contribution < -0.4 is 5.73 Å². The average Bonchev–Trinajstić information content (AvgIpc) is 2.30. The monoisotopic (exact) mass is 232 g/mol. The Balaban J connectivity index is 3.11. The molecule has 0 fully saturated rings. The fraction of sp³-hybridized carbons (Fsp3) is 0.385. The highest BCUT2D eigenvalue weighted by atomic mass is 16.5. The first kappa shape index (κ1) is 13.0. The minimum Gasteiger partial charge on any atom is -0.465 e. The molecule has 0 amide bonds. The second-order valence-corrected chi connectivity index (χ2v) is 4.01. The van der Waals surface area contributed by atoms with Gasteiger partial charge in [-0.1, -0.05) is 12.1 Å². The number of nitrogens with two attached hydrogens (primary N) is 1. The molecule has 0 aliphatic heterocycles. The van der Waals surface area contributed by atoms with Crippen LogP contribution >= 0.6 is 0 Å². The Morgan fingerprint density at radius 1 is 1.47 bits per heavy atom. The van der Waals surface area contributed by atoms with Gasteiger partial charge in [0, 0.05) is 5.69 Å². The van der Waals surface area contributed by atoms with E-state index in [0.29, 0.717) is 12.3 Å². The molecule has 1 atom stereocenters. The molecular formula is C13H16N2O2. The summed E-state index contributed by atoms with van der Waals surface area (Å²) < 4.78 is 5.02. The zero-order valence-electron chi connectivity index (χ0n) is 10.1. The lowest BCUT2D eigenvalue weighted by atomic mass is 9.80. The van der Waals surface area contributed by atoms with E-state index >= 15 is 0 Å². The van der Waals surface area contributed by atoms with Crippen molar-refractivity contribution in [3.63, 3.8) is 0 Å². The van der Waals surface area contributed by atoms with Gasteiger partial charge in [-0.3, -0.25) is 4.79 Å². The number of nitrogens with zero attached hydrogens (tertiary/aromatic N) is 1. The summed E-state index contributed by atoms with van der Waals surface area (Å²) in [6, 6.07) is 8.96. The summed E-state index contributed by atoms with van der Waals surface area (Å²) in [6.07, 6.45) is 0.0791. The molecule has 0 spiro atoms. The van der Waals surface area contributed by atoms with Gasteiger partial charge < -0.3 is 10.5 Å². The van der Waals surface area contributed by atoms with E-state index in [4.69, 9.17) is 15.7 Å². The van der Waals surface area contributed by atoms with Crippen LogP contribution in [0.15, 0.2) is 24.3 Å². The number of anilines is 1. The van der Waals surface area contributed by atoms with Crippen molar-refractivity contribution < 1.29 is 9.53 Å². The van der Waals surface area contributed by atoms with E-state index in [-0.39, 0.29) is 12.4 Å². The van der Waals surface area contributed by atoms with Crippen LogP contribution in [0.25, 0.3) is 0 Å². The van der Waals surface area contributed by atoms with Crippen LogP contribution in [0, 0.1) is 11.3 Å². The summed E-state index contributed by atoms with van der Waals surface area (Å²) >= 11 is 0. The van der Waals surface area contributed by atoms with E-state index in [1.54, 1.807) is 38.1 Å². The number of carbonyl (C=O) groups is 1. The lowest BCUT2D eigenvalue weighted by Gasteiger charge is -2.25. The lowest BCUT2D eigenvalue weighted by Crippen LogP contribution is -2.34. The van der Waals surface area contributed by atoms with Crippen molar-refractivity contribution >= 4 is 11.7 Å². The maximum Gasteiger partial charge on any atom is 0.317 e. The summed E-state index contributed by atoms with van der Waals surface area (Å²) in [5.41, 5.74) is 6.03. The molecule has 1 unspecified atom stereocenters. The lowest BCUT2D eigenvalue weighted by molar-refractivity contribution is -0.149. The second-order valence-electron chi connectivity index (χ2n) is 4.01. The smallest absolute Gasteiger partial charge is 0.317 e. The number of esters is 1. The van der Waals surface area contributed by atoms with Crippen molar-refractivity contribution in [3.8, 4) is 6.07 Å². The summed E-state index contributed by atoms with van der Waals surface area (Å²) in [4.78, 5) is 11.9. The molecular weight excluding hydrogens is 216 g/mol. The van der Waals surface area contributed by atoms with Crippen LogP contribution in [0.1, 0.15) is 25.8 Å². The third-order valence-electron chi connectivity index (χ3n) is 2.71. The van der Waals surface area contributed by atoms with Gasteiger partial charge >= 0.3 is 5.97 Å². The quantitative estimate of drug-likeness (QED) is 0.636. The van der Waals surface area contributed by atoms with Crippen molar-refractivity contribution in [2.45, 2.75) is 25.7 Å². The molecule has 90 valence electrons. The Labute approximate surface area is 101 Å². The van der Waals surface area contributed by atoms with Gasteiger partial charge in [0.15, 0.2) is 0 Å². The van der Waals surface area contributed by atoms with Gasteiger partial charge in [-0.15, -0.1) is 0 Å². The van der Waals surface area contributed by atoms with Crippen LogP contribution in [0.4, 0.5) is 5.69 Å². The van der Waals surface area contributed by atoms with E-state index in [1.165, 1.54) is 0 Å². The summed E-state index contributed by atoms with van der Waals surface area (Å²) in [5, 5.41) is 8.85. The Bertz CT molecular complexity index is 434. The van der Waals surface area contributed by atoms with Gasteiger partial charge in [-0.2, -0.15) is 5.26 Å². The molecule has 1 aromatic carbocycles. The summed E-state index contributed by atoms with van der Waals surface area (Å²) in [5.74, 6) is -0.383. The highest BCUT2D eigenvalue weighted by Gasteiger charge is 2.36. The van der Waals surface area contributed by atoms with Crippen LogP contribution in [0.2, 0.25) is 0 Å². The van der Waals surface area contributed by atoms with E-state index < -0.39 is 5.41 Å². The number of hydrogen-bond donors (Lipinski definition) is 1. The molecule has 0 saturated carbocycles. The molecule has 0 aliphatic carbocycles. The molecule has 0 aromatic heterocycles. The highest BCUT2D eigenvalue weighted by molar-refractivity contribution is 5.83. The summed E-state index contributed by atoms with van der Waals surface area (Å²) in [6.45, 7) is 3.75. The maximum atomic E-state index is 11.9. The molecule has 0 saturated heterocycles. The van der Waals surface area contributed by atoms with Crippen molar-refractivity contribution in [2.24, 2.45) is 0 Å². The van der Waals surface area contributed by atoms with Crippen LogP contribution in [0.5, 0.6) is 0 Å². The normalized spacial score (nSPS) is 13.5. The van der Waals surface area contributed by atoms with Gasteiger partial charge in [-0.25, -0.2) is 0 Å². The first-order valence-corrected chi connectivity index (χ1v) is 5.44.